The van der Waals surface area contributed by atoms with Crippen molar-refractivity contribution in [2.45, 2.75) is 62.2 Å². The van der Waals surface area contributed by atoms with Gasteiger partial charge in [0.05, 0.1) is 22.4 Å². The molecule has 4 aromatic rings. The molecular weight excluding hydrogens is 524 g/mol. The van der Waals surface area contributed by atoms with Crippen molar-refractivity contribution in [3.8, 4) is 22.5 Å². The minimum atomic E-state index is -5.01. The Hall–Kier alpha value is -3.18. The van der Waals surface area contributed by atoms with Crippen molar-refractivity contribution in [2.75, 3.05) is 0 Å². The maximum Gasteiger partial charge on any atom is 0.295 e. The first-order chi connectivity index (χ1) is 17.6. The Bertz CT molecular complexity index is 1750. The summed E-state index contributed by atoms with van der Waals surface area (Å²) in [5.41, 5.74) is 4.83. The summed E-state index contributed by atoms with van der Waals surface area (Å²) >= 11 is 0. The summed E-state index contributed by atoms with van der Waals surface area (Å²) in [7, 11) is -9.94. The topological polar surface area (TPSA) is 135 Å². The number of aromatic nitrogens is 2. The highest BCUT2D eigenvalue weighted by molar-refractivity contribution is 7.89. The summed E-state index contributed by atoms with van der Waals surface area (Å²) in [6.07, 6.45) is 0.830. The molecule has 3 aromatic carbocycles. The molecule has 10 heteroatoms. The van der Waals surface area contributed by atoms with Crippen molar-refractivity contribution < 1.29 is 25.9 Å². The molecule has 38 heavy (non-hydrogen) atoms. The minimum absolute atomic E-state index is 0.153. The first kappa shape index (κ1) is 27.8. The van der Waals surface area contributed by atoms with Crippen LogP contribution in [0.25, 0.3) is 33.5 Å². The molecule has 1 aromatic heterocycles. The molecule has 200 valence electrons. The van der Waals surface area contributed by atoms with Crippen LogP contribution in [0.4, 0.5) is 0 Å². The Morgan fingerprint density at radius 3 is 1.89 bits per heavy atom. The van der Waals surface area contributed by atoms with E-state index in [1.54, 1.807) is 0 Å². The zero-order valence-corrected chi connectivity index (χ0v) is 23.4. The lowest BCUT2D eigenvalue weighted by Gasteiger charge is -2.26. The van der Waals surface area contributed by atoms with Crippen molar-refractivity contribution >= 4 is 31.3 Å². The normalized spacial score (nSPS) is 12.8. The third-order valence-electron chi connectivity index (χ3n) is 6.91. The van der Waals surface area contributed by atoms with Crippen LogP contribution in [0.5, 0.6) is 0 Å². The van der Waals surface area contributed by atoms with Crippen LogP contribution in [0, 0.1) is 0 Å². The van der Waals surface area contributed by atoms with Gasteiger partial charge in [0.1, 0.15) is 9.79 Å². The predicted molar refractivity (Wildman–Crippen MR) is 147 cm³/mol. The number of benzene rings is 3. The second-order valence-electron chi connectivity index (χ2n) is 10.2. The molecule has 0 atom stereocenters. The van der Waals surface area contributed by atoms with Gasteiger partial charge in [-0.1, -0.05) is 83.1 Å². The summed E-state index contributed by atoms with van der Waals surface area (Å²) in [6, 6.07) is 16.6. The monoisotopic (exact) mass is 554 g/mol. The van der Waals surface area contributed by atoms with E-state index in [0.29, 0.717) is 16.9 Å². The Morgan fingerprint density at radius 1 is 0.763 bits per heavy atom. The SMILES string of the molecule is CCC(C)(C)c1ccc(C(C)C)c2nc(-c3ccccc3)c(-c3ccc(S(=O)(=O)O)c(S(=O)(=O)O)c3)nc12. The van der Waals surface area contributed by atoms with Gasteiger partial charge < -0.3 is 0 Å². The van der Waals surface area contributed by atoms with E-state index in [2.05, 4.69) is 40.7 Å². The summed E-state index contributed by atoms with van der Waals surface area (Å²) in [5.74, 6) is 0.153. The zero-order chi connectivity index (χ0) is 28.0. The highest BCUT2D eigenvalue weighted by Crippen LogP contribution is 2.39. The molecular formula is C28H30N2O6S2. The van der Waals surface area contributed by atoms with E-state index in [0.717, 1.165) is 40.8 Å². The number of hydrogen-bond donors (Lipinski definition) is 2. The lowest BCUT2D eigenvalue weighted by Crippen LogP contribution is -2.17. The fourth-order valence-electron chi connectivity index (χ4n) is 4.43. The summed E-state index contributed by atoms with van der Waals surface area (Å²) < 4.78 is 67.4. The molecule has 0 amide bonds. The smallest absolute Gasteiger partial charge is 0.282 e. The van der Waals surface area contributed by atoms with E-state index in [-0.39, 0.29) is 16.9 Å². The van der Waals surface area contributed by atoms with E-state index >= 15 is 0 Å². The Labute approximate surface area is 223 Å². The lowest BCUT2D eigenvalue weighted by molar-refractivity contribution is 0.466. The van der Waals surface area contributed by atoms with Gasteiger partial charge in [0, 0.05) is 11.1 Å². The summed E-state index contributed by atoms with van der Waals surface area (Å²) in [6.45, 7) is 10.5. The second-order valence-corrected chi connectivity index (χ2v) is 13.0. The van der Waals surface area contributed by atoms with E-state index in [4.69, 9.17) is 9.97 Å². The standard InChI is InChI=1S/C28H30N2O6S2/c1-6-28(4,5)21-14-13-20(17(2)3)26-27(21)30-25(24(29-26)18-10-8-7-9-11-18)19-12-15-22(37(31,32)33)23(16-19)38(34,35)36/h7-17H,6H2,1-5H3,(H,31,32,33)(H,34,35,36). The van der Waals surface area contributed by atoms with Gasteiger partial charge in [0.15, 0.2) is 0 Å². The van der Waals surface area contributed by atoms with Crippen LogP contribution in [-0.2, 0) is 25.7 Å². The van der Waals surface area contributed by atoms with E-state index in [1.165, 1.54) is 6.07 Å². The van der Waals surface area contributed by atoms with Crippen LogP contribution in [-0.4, -0.2) is 35.9 Å². The van der Waals surface area contributed by atoms with Gasteiger partial charge >= 0.3 is 0 Å². The maximum absolute atomic E-state index is 12.1. The van der Waals surface area contributed by atoms with Gasteiger partial charge in [-0.25, -0.2) is 9.97 Å². The van der Waals surface area contributed by atoms with Gasteiger partial charge in [-0.3, -0.25) is 9.11 Å². The zero-order valence-electron chi connectivity index (χ0n) is 21.8. The summed E-state index contributed by atoms with van der Waals surface area (Å²) in [5, 5.41) is 0. The molecule has 0 saturated carbocycles. The lowest BCUT2D eigenvalue weighted by atomic mass is 9.80. The molecule has 0 fully saturated rings. The van der Waals surface area contributed by atoms with Crippen molar-refractivity contribution in [3.63, 3.8) is 0 Å². The molecule has 2 N–H and O–H groups in total. The molecule has 0 unspecified atom stereocenters. The van der Waals surface area contributed by atoms with Crippen molar-refractivity contribution in [1.82, 2.24) is 9.97 Å². The van der Waals surface area contributed by atoms with Crippen LogP contribution in [0.15, 0.2) is 70.5 Å². The molecule has 0 aliphatic rings. The highest BCUT2D eigenvalue weighted by atomic mass is 32.2. The Balaban J connectivity index is 2.19. The fraction of sp³-hybridized carbons (Fsp3) is 0.286. The van der Waals surface area contributed by atoms with Crippen molar-refractivity contribution in [1.29, 1.82) is 0 Å². The van der Waals surface area contributed by atoms with Gasteiger partial charge in [-0.2, -0.15) is 16.8 Å². The highest BCUT2D eigenvalue weighted by Gasteiger charge is 2.28. The van der Waals surface area contributed by atoms with Gasteiger partial charge in [0.2, 0.25) is 0 Å². The first-order valence-corrected chi connectivity index (χ1v) is 15.0. The third-order valence-corrected chi connectivity index (χ3v) is 8.84. The van der Waals surface area contributed by atoms with Crippen LogP contribution < -0.4 is 0 Å². The van der Waals surface area contributed by atoms with Crippen molar-refractivity contribution in [3.05, 3.63) is 71.8 Å². The molecule has 0 saturated heterocycles. The van der Waals surface area contributed by atoms with Crippen LogP contribution >= 0.6 is 0 Å². The van der Waals surface area contributed by atoms with Gasteiger partial charge in [-0.05, 0) is 41.0 Å². The molecule has 0 bridgehead atoms. The average Bonchev–Trinajstić information content (AvgIpc) is 2.86. The van der Waals surface area contributed by atoms with Crippen molar-refractivity contribution in [2.24, 2.45) is 0 Å². The molecule has 0 aliphatic carbocycles. The van der Waals surface area contributed by atoms with E-state index in [1.807, 2.05) is 36.4 Å². The van der Waals surface area contributed by atoms with Crippen LogP contribution in [0.1, 0.15) is 58.1 Å². The van der Waals surface area contributed by atoms with Crippen LogP contribution in [0.2, 0.25) is 0 Å². The van der Waals surface area contributed by atoms with Gasteiger partial charge in [-0.15, -0.1) is 0 Å². The Morgan fingerprint density at radius 2 is 1.34 bits per heavy atom. The maximum atomic E-state index is 12.1. The number of rotatable bonds is 7. The molecule has 4 rings (SSSR count). The van der Waals surface area contributed by atoms with E-state index in [9.17, 15) is 25.9 Å². The molecule has 0 radical (unpaired) electrons. The first-order valence-electron chi connectivity index (χ1n) is 12.1. The molecule has 0 aliphatic heterocycles. The second kappa shape index (κ2) is 9.85. The van der Waals surface area contributed by atoms with Gasteiger partial charge in [0.25, 0.3) is 20.2 Å². The number of nitrogens with zero attached hydrogens (tertiary/aromatic N) is 2. The third kappa shape index (κ3) is 5.22. The molecule has 8 nitrogen and oxygen atoms in total. The van der Waals surface area contributed by atoms with E-state index < -0.39 is 30.0 Å². The fourth-order valence-corrected chi connectivity index (χ4v) is 6.21. The van der Waals surface area contributed by atoms with Crippen LogP contribution in [0.3, 0.4) is 0 Å². The molecule has 1 heterocycles. The number of fused-ring (bicyclic) bond motifs is 1. The predicted octanol–water partition coefficient (Wildman–Crippen LogP) is 6.27. The Kier molecular flexibility index (Phi) is 7.22. The average molecular weight is 555 g/mol. The molecule has 0 spiro atoms. The number of hydrogen-bond acceptors (Lipinski definition) is 6. The quantitative estimate of drug-likeness (QED) is 0.255. The largest absolute Gasteiger partial charge is 0.295 e. The minimum Gasteiger partial charge on any atom is -0.282 e. The summed E-state index contributed by atoms with van der Waals surface area (Å²) in [4.78, 5) is 8.25.